The monoisotopic (exact) mass is 280 g/mol. The van der Waals surface area contributed by atoms with Gasteiger partial charge in [-0.15, -0.1) is 0 Å². The standard InChI is InChI=1S/C9H7F3N2O3S/c1-14-7-3-2-4-8(6(7)5-13-14)17-18(15,16)9(10,11)12/h2-5H,1H3. The Labute approximate surface area is 99.9 Å². The Balaban J connectivity index is 2.51. The zero-order chi connectivity index (χ0) is 13.6. The lowest BCUT2D eigenvalue weighted by atomic mass is 10.2. The molecule has 1 aromatic heterocycles. The van der Waals surface area contributed by atoms with Crippen LogP contribution in [0.15, 0.2) is 24.4 Å². The van der Waals surface area contributed by atoms with Crippen LogP contribution in [0.5, 0.6) is 5.75 Å². The highest BCUT2D eigenvalue weighted by Crippen LogP contribution is 2.31. The first-order valence-corrected chi connectivity index (χ1v) is 6.05. The number of hydrogen-bond acceptors (Lipinski definition) is 4. The molecule has 0 saturated carbocycles. The molecule has 9 heteroatoms. The van der Waals surface area contributed by atoms with Crippen LogP contribution in [0, 0.1) is 0 Å². The van der Waals surface area contributed by atoms with Gasteiger partial charge < -0.3 is 4.18 Å². The molecule has 1 heterocycles. The van der Waals surface area contributed by atoms with Gasteiger partial charge in [-0.3, -0.25) is 4.68 Å². The number of rotatable bonds is 2. The average molecular weight is 280 g/mol. The zero-order valence-corrected chi connectivity index (χ0v) is 9.79. The summed E-state index contributed by atoms with van der Waals surface area (Å²) in [5.74, 6) is -0.405. The predicted molar refractivity (Wildman–Crippen MR) is 56.3 cm³/mol. The van der Waals surface area contributed by atoms with E-state index in [0.717, 1.165) is 6.07 Å². The number of benzene rings is 1. The van der Waals surface area contributed by atoms with E-state index in [4.69, 9.17) is 0 Å². The van der Waals surface area contributed by atoms with Gasteiger partial charge in [0.05, 0.1) is 17.1 Å². The average Bonchev–Trinajstić information content (AvgIpc) is 2.60. The molecule has 98 valence electrons. The lowest BCUT2D eigenvalue weighted by Crippen LogP contribution is -2.28. The van der Waals surface area contributed by atoms with Crippen molar-refractivity contribution >= 4 is 21.0 Å². The molecule has 18 heavy (non-hydrogen) atoms. The van der Waals surface area contributed by atoms with E-state index in [2.05, 4.69) is 9.28 Å². The SMILES string of the molecule is Cn1ncc2c(OS(=O)(=O)C(F)(F)F)cccc21. The highest BCUT2D eigenvalue weighted by atomic mass is 32.2. The molecule has 0 bridgehead atoms. The molecule has 2 aromatic rings. The summed E-state index contributed by atoms with van der Waals surface area (Å²) in [6, 6.07) is 4.09. The first-order chi connectivity index (χ1) is 8.22. The molecule has 0 amide bonds. The van der Waals surface area contributed by atoms with Crippen LogP contribution in [0.1, 0.15) is 0 Å². The molecule has 0 atom stereocenters. The smallest absolute Gasteiger partial charge is 0.375 e. The van der Waals surface area contributed by atoms with Crippen LogP contribution in [0.25, 0.3) is 10.9 Å². The van der Waals surface area contributed by atoms with Gasteiger partial charge in [-0.2, -0.15) is 26.7 Å². The molecule has 5 nitrogen and oxygen atoms in total. The van der Waals surface area contributed by atoms with Crippen molar-refractivity contribution < 1.29 is 25.8 Å². The van der Waals surface area contributed by atoms with E-state index in [1.807, 2.05) is 0 Å². The largest absolute Gasteiger partial charge is 0.534 e. The van der Waals surface area contributed by atoms with Crippen LogP contribution < -0.4 is 4.18 Å². The normalized spacial score (nSPS) is 12.9. The molecular formula is C9H7F3N2O3S. The van der Waals surface area contributed by atoms with Crippen molar-refractivity contribution in [2.24, 2.45) is 7.05 Å². The third-order valence-electron chi connectivity index (χ3n) is 2.23. The molecule has 0 spiro atoms. The predicted octanol–water partition coefficient (Wildman–Crippen LogP) is 1.80. The lowest BCUT2D eigenvalue weighted by molar-refractivity contribution is -0.0499. The van der Waals surface area contributed by atoms with Crippen molar-refractivity contribution in [3.8, 4) is 5.75 Å². The third kappa shape index (κ3) is 2.01. The van der Waals surface area contributed by atoms with Gasteiger partial charge in [-0.05, 0) is 12.1 Å². The first kappa shape index (κ1) is 12.7. The van der Waals surface area contributed by atoms with E-state index >= 15 is 0 Å². The molecule has 0 fully saturated rings. The number of nitrogens with zero attached hydrogens (tertiary/aromatic N) is 2. The molecule has 0 saturated heterocycles. The summed E-state index contributed by atoms with van der Waals surface area (Å²) in [7, 11) is -4.10. The Kier molecular flexibility index (Phi) is 2.73. The van der Waals surface area contributed by atoms with Crippen LogP contribution in [0.4, 0.5) is 13.2 Å². The highest BCUT2D eigenvalue weighted by molar-refractivity contribution is 7.88. The quantitative estimate of drug-likeness (QED) is 0.621. The second-order valence-electron chi connectivity index (χ2n) is 3.44. The Morgan fingerprint density at radius 3 is 2.61 bits per heavy atom. The van der Waals surface area contributed by atoms with Gasteiger partial charge in [0.25, 0.3) is 0 Å². The number of aromatic nitrogens is 2. The van der Waals surface area contributed by atoms with Gasteiger partial charge in [0.15, 0.2) is 5.75 Å². The van der Waals surface area contributed by atoms with Gasteiger partial charge in [0, 0.05) is 7.05 Å². The molecule has 0 aliphatic heterocycles. The third-order valence-corrected chi connectivity index (χ3v) is 3.20. The molecule has 0 aliphatic carbocycles. The Morgan fingerprint density at radius 2 is 2.00 bits per heavy atom. The molecule has 0 radical (unpaired) electrons. The summed E-state index contributed by atoms with van der Waals surface area (Å²) in [5, 5.41) is 4.00. The second-order valence-corrected chi connectivity index (χ2v) is 4.98. The molecule has 0 N–H and O–H groups in total. The van der Waals surface area contributed by atoms with Gasteiger partial charge >= 0.3 is 15.6 Å². The molecule has 0 aliphatic rings. The summed E-state index contributed by atoms with van der Waals surface area (Å²) in [6.07, 6.45) is 1.23. The summed E-state index contributed by atoms with van der Waals surface area (Å²) >= 11 is 0. The summed E-state index contributed by atoms with van der Waals surface area (Å²) in [4.78, 5) is 0. The Morgan fingerprint density at radius 1 is 1.33 bits per heavy atom. The lowest BCUT2D eigenvalue weighted by Gasteiger charge is -2.09. The maximum Gasteiger partial charge on any atom is 0.534 e. The fourth-order valence-electron chi connectivity index (χ4n) is 1.39. The van der Waals surface area contributed by atoms with Crippen LogP contribution in [0.3, 0.4) is 0 Å². The van der Waals surface area contributed by atoms with E-state index in [-0.39, 0.29) is 5.39 Å². The maximum atomic E-state index is 12.2. The van der Waals surface area contributed by atoms with Gasteiger partial charge in [-0.1, -0.05) is 6.07 Å². The van der Waals surface area contributed by atoms with Crippen molar-refractivity contribution in [3.63, 3.8) is 0 Å². The minimum Gasteiger partial charge on any atom is -0.375 e. The van der Waals surface area contributed by atoms with Crippen molar-refractivity contribution in [3.05, 3.63) is 24.4 Å². The fraction of sp³-hybridized carbons (Fsp3) is 0.222. The van der Waals surface area contributed by atoms with Gasteiger partial charge in [0.2, 0.25) is 0 Å². The summed E-state index contributed by atoms with van der Waals surface area (Å²) < 4.78 is 63.8. The van der Waals surface area contributed by atoms with E-state index in [1.165, 1.54) is 16.9 Å². The zero-order valence-electron chi connectivity index (χ0n) is 8.97. The Hall–Kier alpha value is -1.77. The Bertz CT molecular complexity index is 691. The fourth-order valence-corrected chi connectivity index (χ4v) is 1.87. The summed E-state index contributed by atoms with van der Waals surface area (Å²) in [6.45, 7) is 0. The van der Waals surface area contributed by atoms with E-state index in [1.54, 1.807) is 13.1 Å². The van der Waals surface area contributed by atoms with Crippen molar-refractivity contribution in [1.29, 1.82) is 0 Å². The minimum atomic E-state index is -5.67. The minimum absolute atomic E-state index is 0.188. The van der Waals surface area contributed by atoms with Crippen LogP contribution >= 0.6 is 0 Å². The van der Waals surface area contributed by atoms with E-state index in [9.17, 15) is 21.6 Å². The molecular weight excluding hydrogens is 273 g/mol. The number of fused-ring (bicyclic) bond motifs is 1. The van der Waals surface area contributed by atoms with Gasteiger partial charge in [-0.25, -0.2) is 0 Å². The van der Waals surface area contributed by atoms with E-state index in [0.29, 0.717) is 5.52 Å². The van der Waals surface area contributed by atoms with Crippen LogP contribution in [-0.4, -0.2) is 23.7 Å². The first-order valence-electron chi connectivity index (χ1n) is 4.64. The molecule has 0 unspecified atom stereocenters. The van der Waals surface area contributed by atoms with Crippen molar-refractivity contribution in [2.75, 3.05) is 0 Å². The van der Waals surface area contributed by atoms with Crippen LogP contribution in [-0.2, 0) is 17.2 Å². The number of aryl methyl sites for hydroxylation is 1. The number of hydrogen-bond donors (Lipinski definition) is 0. The topological polar surface area (TPSA) is 61.2 Å². The van der Waals surface area contributed by atoms with Gasteiger partial charge in [0.1, 0.15) is 0 Å². The summed E-state index contributed by atoms with van der Waals surface area (Å²) in [5.41, 5.74) is -5.00. The molecule has 1 aromatic carbocycles. The van der Waals surface area contributed by atoms with Crippen LogP contribution in [0.2, 0.25) is 0 Å². The maximum absolute atomic E-state index is 12.2. The second kappa shape index (κ2) is 3.87. The molecule has 2 rings (SSSR count). The number of alkyl halides is 3. The van der Waals surface area contributed by atoms with E-state index < -0.39 is 21.4 Å². The van der Waals surface area contributed by atoms with Crippen molar-refractivity contribution in [1.82, 2.24) is 9.78 Å². The van der Waals surface area contributed by atoms with Crippen molar-refractivity contribution in [2.45, 2.75) is 5.51 Å². The highest BCUT2D eigenvalue weighted by Gasteiger charge is 2.48. The number of halogens is 3.